The molecule has 2 heterocycles. The standard InChI is InChI=1S/C21H24N4O4S/c1-5-29-21(26)18-12-22-20-17(11-6-14(4)23-20)19(18)24-15-7-9-16(10-8-15)30(27,28)25-13(2)3/h6-13,25H,5H2,1-4H3,(H,22,23,24). The van der Waals surface area contributed by atoms with Crippen molar-refractivity contribution in [2.75, 3.05) is 11.9 Å². The smallest absolute Gasteiger partial charge is 0.341 e. The van der Waals surface area contributed by atoms with Gasteiger partial charge in [-0.05, 0) is 64.1 Å². The lowest BCUT2D eigenvalue weighted by atomic mass is 10.1. The molecule has 0 aliphatic rings. The van der Waals surface area contributed by atoms with Crippen molar-refractivity contribution >= 4 is 38.4 Å². The second kappa shape index (κ2) is 8.76. The number of fused-ring (bicyclic) bond motifs is 1. The van der Waals surface area contributed by atoms with E-state index < -0.39 is 16.0 Å². The number of rotatable bonds is 7. The average Bonchev–Trinajstić information content (AvgIpc) is 2.67. The largest absolute Gasteiger partial charge is 0.462 e. The molecule has 3 aromatic rings. The Morgan fingerprint density at radius 1 is 1.13 bits per heavy atom. The van der Waals surface area contributed by atoms with Crippen molar-refractivity contribution in [1.29, 1.82) is 0 Å². The van der Waals surface area contributed by atoms with Crippen molar-refractivity contribution in [1.82, 2.24) is 14.7 Å². The number of benzene rings is 1. The van der Waals surface area contributed by atoms with Crippen molar-refractivity contribution in [3.63, 3.8) is 0 Å². The molecular weight excluding hydrogens is 404 g/mol. The van der Waals surface area contributed by atoms with Gasteiger partial charge in [0.2, 0.25) is 10.0 Å². The first-order chi connectivity index (χ1) is 14.2. The lowest BCUT2D eigenvalue weighted by molar-refractivity contribution is 0.0527. The van der Waals surface area contributed by atoms with Crippen LogP contribution in [0.1, 0.15) is 36.8 Å². The van der Waals surface area contributed by atoms with Crippen LogP contribution in [0.3, 0.4) is 0 Å². The number of nitrogens with one attached hydrogen (secondary N) is 2. The van der Waals surface area contributed by atoms with Crippen LogP contribution in [0.5, 0.6) is 0 Å². The molecule has 0 bridgehead atoms. The highest BCUT2D eigenvalue weighted by Gasteiger charge is 2.19. The molecule has 158 valence electrons. The van der Waals surface area contributed by atoms with Gasteiger partial charge in [-0.1, -0.05) is 0 Å². The number of carbonyl (C=O) groups is 1. The molecule has 9 heteroatoms. The topological polar surface area (TPSA) is 110 Å². The molecule has 1 aromatic carbocycles. The summed E-state index contributed by atoms with van der Waals surface area (Å²) in [5, 5.41) is 3.85. The van der Waals surface area contributed by atoms with Gasteiger partial charge in [0.05, 0.1) is 17.2 Å². The number of nitrogens with zero attached hydrogens (tertiary/aromatic N) is 2. The maximum atomic E-state index is 12.4. The monoisotopic (exact) mass is 428 g/mol. The number of esters is 1. The molecule has 0 unspecified atom stereocenters. The highest BCUT2D eigenvalue weighted by molar-refractivity contribution is 7.89. The molecule has 0 saturated carbocycles. The first-order valence-corrected chi connectivity index (χ1v) is 11.0. The number of aryl methyl sites for hydroxylation is 1. The van der Waals surface area contributed by atoms with Gasteiger partial charge in [0.25, 0.3) is 0 Å². The maximum Gasteiger partial charge on any atom is 0.341 e. The van der Waals surface area contributed by atoms with Crippen molar-refractivity contribution < 1.29 is 17.9 Å². The van der Waals surface area contributed by atoms with E-state index in [4.69, 9.17) is 4.74 Å². The predicted octanol–water partition coefficient (Wildman–Crippen LogP) is 3.55. The van der Waals surface area contributed by atoms with Gasteiger partial charge < -0.3 is 10.1 Å². The summed E-state index contributed by atoms with van der Waals surface area (Å²) in [4.78, 5) is 21.3. The molecule has 0 aliphatic heterocycles. The van der Waals surface area contributed by atoms with Gasteiger partial charge in [-0.15, -0.1) is 0 Å². The van der Waals surface area contributed by atoms with Crippen LogP contribution in [0.15, 0.2) is 47.5 Å². The summed E-state index contributed by atoms with van der Waals surface area (Å²) < 4.78 is 32.3. The zero-order valence-electron chi connectivity index (χ0n) is 17.3. The van der Waals surface area contributed by atoms with Gasteiger partial charge in [0.1, 0.15) is 5.56 Å². The third-order valence-corrected chi connectivity index (χ3v) is 5.86. The molecular formula is C21H24N4O4S. The van der Waals surface area contributed by atoms with Gasteiger partial charge in [-0.2, -0.15) is 0 Å². The van der Waals surface area contributed by atoms with E-state index in [0.29, 0.717) is 22.4 Å². The maximum absolute atomic E-state index is 12.4. The summed E-state index contributed by atoms with van der Waals surface area (Å²) in [6.07, 6.45) is 1.43. The van der Waals surface area contributed by atoms with Crippen LogP contribution in [0.2, 0.25) is 0 Å². The molecule has 2 aromatic heterocycles. The van der Waals surface area contributed by atoms with Crippen molar-refractivity contribution in [3.05, 3.63) is 53.9 Å². The minimum Gasteiger partial charge on any atom is -0.462 e. The van der Waals surface area contributed by atoms with Crippen LogP contribution < -0.4 is 10.0 Å². The zero-order chi connectivity index (χ0) is 21.9. The fraction of sp³-hybridized carbons (Fsp3) is 0.286. The van der Waals surface area contributed by atoms with Crippen molar-refractivity contribution in [3.8, 4) is 0 Å². The number of ether oxygens (including phenoxy) is 1. The van der Waals surface area contributed by atoms with E-state index in [0.717, 1.165) is 5.69 Å². The Hall–Kier alpha value is -3.04. The average molecular weight is 429 g/mol. The SMILES string of the molecule is CCOC(=O)c1cnc2nc(C)ccc2c1Nc1ccc(S(=O)(=O)NC(C)C)cc1. The molecule has 0 atom stereocenters. The van der Waals surface area contributed by atoms with E-state index in [-0.39, 0.29) is 23.1 Å². The minimum absolute atomic E-state index is 0.157. The van der Waals surface area contributed by atoms with Crippen LogP contribution in [0.4, 0.5) is 11.4 Å². The Morgan fingerprint density at radius 2 is 1.83 bits per heavy atom. The van der Waals surface area contributed by atoms with Gasteiger partial charge in [-0.25, -0.2) is 27.9 Å². The van der Waals surface area contributed by atoms with E-state index in [1.54, 1.807) is 32.9 Å². The molecule has 0 radical (unpaired) electrons. The Bertz CT molecular complexity index is 1180. The van der Waals surface area contributed by atoms with Gasteiger partial charge in [-0.3, -0.25) is 0 Å². The summed E-state index contributed by atoms with van der Waals surface area (Å²) in [5.41, 5.74) is 2.68. The summed E-state index contributed by atoms with van der Waals surface area (Å²) >= 11 is 0. The third kappa shape index (κ3) is 4.74. The molecule has 0 aliphatic carbocycles. The quantitative estimate of drug-likeness (QED) is 0.554. The molecule has 3 rings (SSSR count). The molecule has 0 spiro atoms. The summed E-state index contributed by atoms with van der Waals surface area (Å²) in [6, 6.07) is 9.73. The van der Waals surface area contributed by atoms with Crippen molar-refractivity contribution in [2.45, 2.75) is 38.6 Å². The molecule has 0 saturated heterocycles. The second-order valence-electron chi connectivity index (χ2n) is 7.02. The molecule has 8 nitrogen and oxygen atoms in total. The number of hydrogen-bond donors (Lipinski definition) is 2. The van der Waals surface area contributed by atoms with E-state index in [9.17, 15) is 13.2 Å². The van der Waals surface area contributed by atoms with E-state index in [1.807, 2.05) is 19.1 Å². The van der Waals surface area contributed by atoms with E-state index in [1.165, 1.54) is 18.3 Å². The minimum atomic E-state index is -3.59. The van der Waals surface area contributed by atoms with Gasteiger partial charge in [0.15, 0.2) is 5.65 Å². The number of carbonyl (C=O) groups excluding carboxylic acids is 1. The predicted molar refractivity (Wildman–Crippen MR) is 115 cm³/mol. The third-order valence-electron chi connectivity index (χ3n) is 4.19. The molecule has 0 amide bonds. The number of pyridine rings is 2. The van der Waals surface area contributed by atoms with E-state index >= 15 is 0 Å². The lowest BCUT2D eigenvalue weighted by Gasteiger charge is -2.15. The number of anilines is 2. The van der Waals surface area contributed by atoms with Crippen LogP contribution >= 0.6 is 0 Å². The number of hydrogen-bond acceptors (Lipinski definition) is 7. The number of sulfonamides is 1. The second-order valence-corrected chi connectivity index (χ2v) is 8.73. The van der Waals surface area contributed by atoms with Gasteiger partial charge in [0, 0.05) is 29.0 Å². The summed E-state index contributed by atoms with van der Waals surface area (Å²) in [7, 11) is -3.59. The summed E-state index contributed by atoms with van der Waals surface area (Å²) in [6.45, 7) is 7.34. The van der Waals surface area contributed by atoms with Crippen LogP contribution in [-0.4, -0.2) is 37.0 Å². The Balaban J connectivity index is 2.02. The van der Waals surface area contributed by atoms with Crippen LogP contribution in [0, 0.1) is 6.92 Å². The van der Waals surface area contributed by atoms with E-state index in [2.05, 4.69) is 20.0 Å². The highest BCUT2D eigenvalue weighted by atomic mass is 32.2. The molecule has 2 N–H and O–H groups in total. The number of aromatic nitrogens is 2. The summed E-state index contributed by atoms with van der Waals surface area (Å²) in [5.74, 6) is -0.504. The first-order valence-electron chi connectivity index (χ1n) is 9.54. The Labute approximate surface area is 175 Å². The zero-order valence-corrected chi connectivity index (χ0v) is 18.1. The fourth-order valence-corrected chi connectivity index (χ4v) is 4.16. The fourth-order valence-electron chi connectivity index (χ4n) is 2.91. The Morgan fingerprint density at radius 3 is 2.47 bits per heavy atom. The Kier molecular flexibility index (Phi) is 6.33. The molecule has 0 fully saturated rings. The highest BCUT2D eigenvalue weighted by Crippen LogP contribution is 2.29. The van der Waals surface area contributed by atoms with Crippen LogP contribution in [-0.2, 0) is 14.8 Å². The normalized spacial score (nSPS) is 11.6. The van der Waals surface area contributed by atoms with Gasteiger partial charge >= 0.3 is 5.97 Å². The van der Waals surface area contributed by atoms with Crippen molar-refractivity contribution in [2.24, 2.45) is 0 Å². The first kappa shape index (κ1) is 21.7. The lowest BCUT2D eigenvalue weighted by Crippen LogP contribution is -2.30. The van der Waals surface area contributed by atoms with Crippen LogP contribution in [0.25, 0.3) is 11.0 Å². The molecule has 30 heavy (non-hydrogen) atoms.